The van der Waals surface area contributed by atoms with Gasteiger partial charge in [-0.3, -0.25) is 14.2 Å². The van der Waals surface area contributed by atoms with Crippen LogP contribution < -0.4 is 5.56 Å². The highest BCUT2D eigenvalue weighted by atomic mass is 32.2. The quantitative estimate of drug-likeness (QED) is 0.650. The van der Waals surface area contributed by atoms with Crippen molar-refractivity contribution in [3.05, 3.63) is 22.6 Å². The second kappa shape index (κ2) is 4.29. The largest absolute Gasteiger partial charge is 0.348 e. The van der Waals surface area contributed by atoms with E-state index in [2.05, 4.69) is 4.98 Å². The van der Waals surface area contributed by atoms with E-state index in [4.69, 9.17) is 0 Å². The van der Waals surface area contributed by atoms with E-state index in [1.165, 1.54) is 24.0 Å². The van der Waals surface area contributed by atoms with Gasteiger partial charge in [0.25, 0.3) is 5.56 Å². The Hall–Kier alpha value is -1.30. The fourth-order valence-corrected chi connectivity index (χ4v) is 2.72. The number of fused-ring (bicyclic) bond motifs is 1. The molecule has 0 saturated carbocycles. The van der Waals surface area contributed by atoms with Crippen molar-refractivity contribution in [1.29, 1.82) is 0 Å². The predicted octanol–water partition coefficient (Wildman–Crippen LogP) is 0.0534. The highest BCUT2D eigenvalue weighted by molar-refractivity contribution is 7.99. The van der Waals surface area contributed by atoms with Crippen molar-refractivity contribution in [2.45, 2.75) is 11.7 Å². The van der Waals surface area contributed by atoms with Crippen LogP contribution in [0.3, 0.4) is 0 Å². The van der Waals surface area contributed by atoms with E-state index in [1.54, 1.807) is 23.6 Å². The minimum atomic E-state index is -0.130. The van der Waals surface area contributed by atoms with Gasteiger partial charge in [-0.05, 0) is 0 Å². The van der Waals surface area contributed by atoms with Gasteiger partial charge >= 0.3 is 0 Å². The molecule has 0 bridgehead atoms. The van der Waals surface area contributed by atoms with Crippen LogP contribution in [0.5, 0.6) is 0 Å². The van der Waals surface area contributed by atoms with Crippen LogP contribution in [0.15, 0.2) is 22.2 Å². The van der Waals surface area contributed by atoms with Crippen molar-refractivity contribution in [3.8, 4) is 0 Å². The Labute approximate surface area is 97.5 Å². The number of aromatic nitrogens is 2. The first-order valence-corrected chi connectivity index (χ1v) is 5.98. The Balaban J connectivity index is 2.27. The van der Waals surface area contributed by atoms with E-state index in [0.29, 0.717) is 17.5 Å². The minimum Gasteiger partial charge on any atom is -0.348 e. The summed E-state index contributed by atoms with van der Waals surface area (Å²) in [5.74, 6) is 0.622. The molecule has 86 valence electrons. The van der Waals surface area contributed by atoms with Crippen molar-refractivity contribution in [3.63, 3.8) is 0 Å². The maximum Gasteiger partial charge on any atom is 0.254 e. The van der Waals surface area contributed by atoms with Gasteiger partial charge in [-0.2, -0.15) is 0 Å². The van der Waals surface area contributed by atoms with Crippen molar-refractivity contribution in [2.75, 3.05) is 19.8 Å². The number of hydrogen-bond acceptors (Lipinski definition) is 4. The summed E-state index contributed by atoms with van der Waals surface area (Å²) < 4.78 is 1.57. The molecule has 6 heteroatoms. The van der Waals surface area contributed by atoms with Gasteiger partial charge in [0.05, 0.1) is 5.92 Å². The fraction of sp³-hybridized carbons (Fsp3) is 0.500. The molecule has 0 aromatic carbocycles. The summed E-state index contributed by atoms with van der Waals surface area (Å²) in [6.07, 6.45) is 1.51. The third-order valence-corrected chi connectivity index (χ3v) is 3.66. The van der Waals surface area contributed by atoms with Crippen LogP contribution in [0.25, 0.3) is 0 Å². The molecule has 2 heterocycles. The molecule has 1 aliphatic heterocycles. The molecule has 16 heavy (non-hydrogen) atoms. The van der Waals surface area contributed by atoms with Gasteiger partial charge in [0.1, 0.15) is 0 Å². The standard InChI is InChI=1S/C10H13N3O2S/c1-12(2)9(15)7-5-13-8(14)3-4-11-10(13)16-6-7/h3-4,7H,5-6H2,1-2H3. The molecule has 0 saturated heterocycles. The lowest BCUT2D eigenvalue weighted by Crippen LogP contribution is -2.39. The zero-order valence-corrected chi connectivity index (χ0v) is 10.0. The smallest absolute Gasteiger partial charge is 0.254 e. The summed E-state index contributed by atoms with van der Waals surface area (Å²) in [5.41, 5.74) is -0.0891. The summed E-state index contributed by atoms with van der Waals surface area (Å²) in [5, 5.41) is 0.704. The predicted molar refractivity (Wildman–Crippen MR) is 61.4 cm³/mol. The molecule has 1 aromatic rings. The van der Waals surface area contributed by atoms with Crippen LogP contribution in [-0.4, -0.2) is 40.2 Å². The number of hydrogen-bond donors (Lipinski definition) is 0. The maximum atomic E-state index is 11.8. The maximum absolute atomic E-state index is 11.8. The molecule has 1 aromatic heterocycles. The van der Waals surface area contributed by atoms with Crippen molar-refractivity contribution < 1.29 is 4.79 Å². The lowest BCUT2D eigenvalue weighted by molar-refractivity contribution is -0.132. The first-order chi connectivity index (χ1) is 7.59. The molecule has 2 rings (SSSR count). The normalized spacial score (nSPS) is 19.0. The van der Waals surface area contributed by atoms with Crippen LogP contribution in [-0.2, 0) is 11.3 Å². The Morgan fingerprint density at radius 3 is 3.06 bits per heavy atom. The number of carbonyl (C=O) groups excluding carboxylic acids is 1. The number of carbonyl (C=O) groups is 1. The van der Waals surface area contributed by atoms with Gasteiger partial charge in [0.2, 0.25) is 5.91 Å². The van der Waals surface area contributed by atoms with Crippen LogP contribution in [0.4, 0.5) is 0 Å². The van der Waals surface area contributed by atoms with Gasteiger partial charge in [0, 0.05) is 38.7 Å². The summed E-state index contributed by atoms with van der Waals surface area (Å²) in [4.78, 5) is 29.1. The molecule has 1 amide bonds. The fourth-order valence-electron chi connectivity index (χ4n) is 1.66. The summed E-state index contributed by atoms with van der Waals surface area (Å²) in [6.45, 7) is 0.437. The second-order valence-electron chi connectivity index (χ2n) is 3.92. The van der Waals surface area contributed by atoms with E-state index in [-0.39, 0.29) is 17.4 Å². The molecule has 1 atom stereocenters. The van der Waals surface area contributed by atoms with Gasteiger partial charge < -0.3 is 4.90 Å². The first-order valence-electron chi connectivity index (χ1n) is 4.99. The zero-order chi connectivity index (χ0) is 11.7. The molecule has 5 nitrogen and oxygen atoms in total. The number of thioether (sulfide) groups is 1. The lowest BCUT2D eigenvalue weighted by atomic mass is 10.1. The van der Waals surface area contributed by atoms with Crippen LogP contribution in [0, 0.1) is 5.92 Å². The number of amides is 1. The molecule has 0 fully saturated rings. The molecule has 0 radical (unpaired) electrons. The van der Waals surface area contributed by atoms with Crippen molar-refractivity contribution in [1.82, 2.24) is 14.5 Å². The van der Waals surface area contributed by atoms with E-state index < -0.39 is 0 Å². The third kappa shape index (κ3) is 1.97. The molecule has 0 N–H and O–H groups in total. The van der Waals surface area contributed by atoms with Crippen LogP contribution >= 0.6 is 11.8 Å². The van der Waals surface area contributed by atoms with Gasteiger partial charge in [0.15, 0.2) is 5.16 Å². The zero-order valence-electron chi connectivity index (χ0n) is 9.21. The molecule has 0 aliphatic carbocycles. The highest BCUT2D eigenvalue weighted by Gasteiger charge is 2.27. The average Bonchev–Trinajstić information content (AvgIpc) is 2.28. The van der Waals surface area contributed by atoms with Gasteiger partial charge in [-0.15, -0.1) is 0 Å². The monoisotopic (exact) mass is 239 g/mol. The number of rotatable bonds is 1. The van der Waals surface area contributed by atoms with E-state index >= 15 is 0 Å². The molecular weight excluding hydrogens is 226 g/mol. The molecule has 1 unspecified atom stereocenters. The van der Waals surface area contributed by atoms with Crippen molar-refractivity contribution in [2.24, 2.45) is 5.92 Å². The molecular formula is C10H13N3O2S. The Bertz CT molecular complexity index is 469. The van der Waals surface area contributed by atoms with E-state index in [1.807, 2.05) is 0 Å². The Morgan fingerprint density at radius 1 is 1.62 bits per heavy atom. The molecule has 1 aliphatic rings. The third-order valence-electron chi connectivity index (χ3n) is 2.51. The second-order valence-corrected chi connectivity index (χ2v) is 4.90. The van der Waals surface area contributed by atoms with Crippen molar-refractivity contribution >= 4 is 17.7 Å². The molecule has 0 spiro atoms. The lowest BCUT2D eigenvalue weighted by Gasteiger charge is -2.25. The Kier molecular flexibility index (Phi) is 3.00. The summed E-state index contributed by atoms with van der Waals surface area (Å²) in [7, 11) is 3.46. The van der Waals surface area contributed by atoms with E-state index in [0.717, 1.165) is 0 Å². The minimum absolute atomic E-state index is 0.0638. The average molecular weight is 239 g/mol. The van der Waals surface area contributed by atoms with Crippen LogP contribution in [0.1, 0.15) is 0 Å². The number of nitrogens with zero attached hydrogens (tertiary/aromatic N) is 3. The van der Waals surface area contributed by atoms with E-state index in [9.17, 15) is 9.59 Å². The summed E-state index contributed by atoms with van der Waals surface area (Å²) in [6, 6.07) is 1.42. The highest BCUT2D eigenvalue weighted by Crippen LogP contribution is 2.25. The first kappa shape index (κ1) is 11.2. The topological polar surface area (TPSA) is 55.2 Å². The summed E-state index contributed by atoms with van der Waals surface area (Å²) >= 11 is 1.46. The van der Waals surface area contributed by atoms with Crippen LogP contribution in [0.2, 0.25) is 0 Å². The van der Waals surface area contributed by atoms with Gasteiger partial charge in [-0.25, -0.2) is 4.98 Å². The van der Waals surface area contributed by atoms with Gasteiger partial charge in [-0.1, -0.05) is 11.8 Å². The SMILES string of the molecule is CN(C)C(=O)C1CSc2nccc(=O)n2C1. The Morgan fingerprint density at radius 2 is 2.38 bits per heavy atom.